The van der Waals surface area contributed by atoms with Crippen LogP contribution < -0.4 is 10.6 Å². The smallest absolute Gasteiger partial charge is 0.225 e. The van der Waals surface area contributed by atoms with Crippen LogP contribution in [0.15, 0.2) is 24.3 Å². The number of carbonyl (C=O) groups is 1. The van der Waals surface area contributed by atoms with Crippen LogP contribution in [0, 0.1) is 11.3 Å². The summed E-state index contributed by atoms with van der Waals surface area (Å²) in [5.41, 5.74) is 1.33. The number of amides is 1. The topological polar surface area (TPSA) is 68.2 Å². The van der Waals surface area contributed by atoms with Gasteiger partial charge in [0.1, 0.15) is 0 Å². The van der Waals surface area contributed by atoms with Crippen molar-refractivity contribution >= 4 is 11.6 Å². The molecular formula is C16H22N4O. The number of rotatable bonds is 4. The van der Waals surface area contributed by atoms with Crippen molar-refractivity contribution in [1.29, 1.82) is 5.26 Å². The third-order valence-corrected chi connectivity index (χ3v) is 3.82. The molecule has 1 saturated heterocycles. The third kappa shape index (κ3) is 4.55. The molecule has 1 aliphatic heterocycles. The Kier molecular flexibility index (Phi) is 5.32. The Bertz CT molecular complexity index is 520. The fourth-order valence-electron chi connectivity index (χ4n) is 2.51. The van der Waals surface area contributed by atoms with Crippen molar-refractivity contribution in [3.8, 4) is 6.07 Å². The zero-order chi connectivity index (χ0) is 15.2. The van der Waals surface area contributed by atoms with E-state index >= 15 is 0 Å². The molecule has 0 saturated carbocycles. The molecule has 1 aromatic rings. The maximum atomic E-state index is 12.0. The second-order valence-corrected chi connectivity index (χ2v) is 5.64. The predicted octanol–water partition coefficient (Wildman–Crippen LogP) is 1.57. The molecule has 0 spiro atoms. The molecule has 21 heavy (non-hydrogen) atoms. The molecule has 2 unspecified atom stereocenters. The van der Waals surface area contributed by atoms with E-state index in [1.165, 1.54) is 0 Å². The number of hydrogen-bond donors (Lipinski definition) is 2. The van der Waals surface area contributed by atoms with Gasteiger partial charge < -0.3 is 10.6 Å². The number of nitrogens with one attached hydrogen (secondary N) is 2. The molecule has 0 aromatic heterocycles. The molecule has 112 valence electrons. The number of anilines is 1. The monoisotopic (exact) mass is 286 g/mol. The van der Waals surface area contributed by atoms with Crippen LogP contribution in [0.1, 0.15) is 25.8 Å². The average molecular weight is 286 g/mol. The number of nitriles is 1. The lowest BCUT2D eigenvalue weighted by Crippen LogP contribution is -2.54. The lowest BCUT2D eigenvalue weighted by atomic mass is 10.1. The van der Waals surface area contributed by atoms with Crippen molar-refractivity contribution in [3.05, 3.63) is 29.8 Å². The maximum Gasteiger partial charge on any atom is 0.225 e. The van der Waals surface area contributed by atoms with E-state index < -0.39 is 0 Å². The second kappa shape index (κ2) is 7.21. The van der Waals surface area contributed by atoms with Crippen molar-refractivity contribution in [1.82, 2.24) is 10.2 Å². The quantitative estimate of drug-likeness (QED) is 0.881. The van der Waals surface area contributed by atoms with Crippen molar-refractivity contribution in [3.63, 3.8) is 0 Å². The van der Waals surface area contributed by atoms with Crippen molar-refractivity contribution in [2.24, 2.45) is 0 Å². The van der Waals surface area contributed by atoms with Gasteiger partial charge >= 0.3 is 0 Å². The van der Waals surface area contributed by atoms with Crippen molar-refractivity contribution < 1.29 is 4.79 Å². The number of benzene rings is 1. The normalized spacial score (nSPS) is 22.5. The van der Waals surface area contributed by atoms with Crippen LogP contribution >= 0.6 is 0 Å². The first-order valence-electron chi connectivity index (χ1n) is 7.36. The minimum absolute atomic E-state index is 0.0121. The number of piperazine rings is 1. The minimum atomic E-state index is 0.0121. The van der Waals surface area contributed by atoms with E-state index in [1.54, 1.807) is 24.3 Å². The van der Waals surface area contributed by atoms with Gasteiger partial charge in [0.2, 0.25) is 5.91 Å². The summed E-state index contributed by atoms with van der Waals surface area (Å²) in [4.78, 5) is 14.3. The Hall–Kier alpha value is -1.90. The van der Waals surface area contributed by atoms with Crippen LogP contribution in [-0.2, 0) is 4.79 Å². The zero-order valence-corrected chi connectivity index (χ0v) is 12.6. The molecule has 0 aliphatic carbocycles. The van der Waals surface area contributed by atoms with Gasteiger partial charge in [0, 0.05) is 43.8 Å². The van der Waals surface area contributed by atoms with Gasteiger partial charge in [-0.3, -0.25) is 9.69 Å². The van der Waals surface area contributed by atoms with Crippen LogP contribution in [0.2, 0.25) is 0 Å². The molecule has 2 atom stereocenters. The molecule has 1 aromatic carbocycles. The van der Waals surface area contributed by atoms with Gasteiger partial charge in [-0.05, 0) is 38.1 Å². The SMILES string of the molecule is CC1CN(CCC(=O)Nc2ccc(C#N)cc2)C(C)CN1. The largest absolute Gasteiger partial charge is 0.326 e. The van der Waals surface area contributed by atoms with Crippen molar-refractivity contribution in [2.75, 3.05) is 25.0 Å². The molecule has 1 heterocycles. The second-order valence-electron chi connectivity index (χ2n) is 5.64. The molecule has 2 N–H and O–H groups in total. The fraction of sp³-hybridized carbons (Fsp3) is 0.500. The predicted molar refractivity (Wildman–Crippen MR) is 82.9 cm³/mol. The van der Waals surface area contributed by atoms with E-state index in [1.807, 2.05) is 0 Å². The summed E-state index contributed by atoms with van der Waals surface area (Å²) < 4.78 is 0. The molecule has 0 bridgehead atoms. The van der Waals surface area contributed by atoms with E-state index in [9.17, 15) is 4.79 Å². The van der Waals surface area contributed by atoms with Crippen molar-refractivity contribution in [2.45, 2.75) is 32.4 Å². The molecule has 0 radical (unpaired) electrons. The summed E-state index contributed by atoms with van der Waals surface area (Å²) in [6, 6.07) is 9.92. The molecule has 1 fully saturated rings. The first kappa shape index (κ1) is 15.5. The lowest BCUT2D eigenvalue weighted by molar-refractivity contribution is -0.116. The Morgan fingerprint density at radius 1 is 1.43 bits per heavy atom. The molecular weight excluding hydrogens is 264 g/mol. The fourth-order valence-corrected chi connectivity index (χ4v) is 2.51. The standard InChI is InChI=1S/C16H22N4O/c1-12-11-20(13(2)10-18-12)8-7-16(21)19-15-5-3-14(9-17)4-6-15/h3-6,12-13,18H,7-8,10-11H2,1-2H3,(H,19,21). The van der Waals surface area contributed by atoms with Gasteiger partial charge in [0.05, 0.1) is 11.6 Å². The van der Waals surface area contributed by atoms with Gasteiger partial charge in [-0.25, -0.2) is 0 Å². The summed E-state index contributed by atoms with van der Waals surface area (Å²) in [7, 11) is 0. The van der Waals surface area contributed by atoms with E-state index in [4.69, 9.17) is 5.26 Å². The van der Waals surface area contributed by atoms with Crippen LogP contribution in [-0.4, -0.2) is 42.5 Å². The summed E-state index contributed by atoms with van der Waals surface area (Å²) >= 11 is 0. The molecule has 5 heteroatoms. The van der Waals surface area contributed by atoms with Gasteiger partial charge in [-0.15, -0.1) is 0 Å². The highest BCUT2D eigenvalue weighted by Gasteiger charge is 2.22. The van der Waals surface area contributed by atoms with Gasteiger partial charge in [0.25, 0.3) is 0 Å². The van der Waals surface area contributed by atoms with E-state index in [2.05, 4.69) is 35.5 Å². The first-order chi connectivity index (χ1) is 10.1. The number of carbonyl (C=O) groups excluding carboxylic acids is 1. The van der Waals surface area contributed by atoms with Gasteiger partial charge in [0.15, 0.2) is 0 Å². The van der Waals surface area contributed by atoms with Crippen LogP contribution in [0.3, 0.4) is 0 Å². The minimum Gasteiger partial charge on any atom is -0.326 e. The Balaban J connectivity index is 1.80. The van der Waals surface area contributed by atoms with Gasteiger partial charge in [-0.1, -0.05) is 0 Å². The summed E-state index contributed by atoms with van der Waals surface area (Å²) in [6.07, 6.45) is 0.483. The number of nitrogens with zero attached hydrogens (tertiary/aromatic N) is 2. The van der Waals surface area contributed by atoms with Crippen LogP contribution in [0.4, 0.5) is 5.69 Å². The molecule has 2 rings (SSSR count). The Morgan fingerprint density at radius 2 is 2.14 bits per heavy atom. The maximum absolute atomic E-state index is 12.0. The highest BCUT2D eigenvalue weighted by molar-refractivity contribution is 5.90. The zero-order valence-electron chi connectivity index (χ0n) is 12.6. The highest BCUT2D eigenvalue weighted by Crippen LogP contribution is 2.10. The summed E-state index contributed by atoms with van der Waals surface area (Å²) in [5, 5.41) is 15.0. The number of hydrogen-bond acceptors (Lipinski definition) is 4. The van der Waals surface area contributed by atoms with Gasteiger partial charge in [-0.2, -0.15) is 5.26 Å². The lowest BCUT2D eigenvalue weighted by Gasteiger charge is -2.37. The Labute approximate surface area is 125 Å². The van der Waals surface area contributed by atoms with E-state index in [0.29, 0.717) is 24.1 Å². The summed E-state index contributed by atoms with van der Waals surface area (Å²) in [5.74, 6) is 0.0121. The average Bonchev–Trinajstić information content (AvgIpc) is 2.49. The Morgan fingerprint density at radius 3 is 2.81 bits per heavy atom. The van der Waals surface area contributed by atoms with Crippen LogP contribution in [0.5, 0.6) is 0 Å². The summed E-state index contributed by atoms with van der Waals surface area (Å²) in [6.45, 7) is 7.06. The molecule has 1 aliphatic rings. The van der Waals surface area contributed by atoms with Crippen LogP contribution in [0.25, 0.3) is 0 Å². The first-order valence-corrected chi connectivity index (χ1v) is 7.36. The van der Waals surface area contributed by atoms with E-state index in [-0.39, 0.29) is 5.91 Å². The molecule has 5 nitrogen and oxygen atoms in total. The highest BCUT2D eigenvalue weighted by atomic mass is 16.1. The molecule has 1 amide bonds. The third-order valence-electron chi connectivity index (χ3n) is 3.82. The van der Waals surface area contributed by atoms with E-state index in [0.717, 1.165) is 25.3 Å².